The monoisotopic (exact) mass is 849 g/mol. The number of rotatable bonds is 13. The predicted octanol–water partition coefficient (Wildman–Crippen LogP) is 6.39. The van der Waals surface area contributed by atoms with Gasteiger partial charge in [-0.05, 0) is 87.9 Å². The quantitative estimate of drug-likeness (QED) is 0.0973. The minimum Gasteiger partial charge on any atom is -0.377 e. The summed E-state index contributed by atoms with van der Waals surface area (Å²) in [4.78, 5) is 47.8. The number of carbonyl (C=O) groups is 2. The van der Waals surface area contributed by atoms with Gasteiger partial charge in [-0.25, -0.2) is 4.98 Å². The van der Waals surface area contributed by atoms with Crippen molar-refractivity contribution in [2.24, 2.45) is 4.99 Å². The Bertz CT molecular complexity index is 2970. The number of amides is 2. The molecule has 0 bridgehead atoms. The Labute approximate surface area is 361 Å². The van der Waals surface area contributed by atoms with E-state index >= 15 is 0 Å². The van der Waals surface area contributed by atoms with Gasteiger partial charge in [0.15, 0.2) is 5.82 Å². The molecular weight excluding hydrogens is 806 g/mol. The van der Waals surface area contributed by atoms with Gasteiger partial charge in [0.2, 0.25) is 11.8 Å². The van der Waals surface area contributed by atoms with Crippen LogP contribution in [0.1, 0.15) is 91.7 Å². The van der Waals surface area contributed by atoms with Crippen LogP contribution in [0.15, 0.2) is 89.0 Å². The van der Waals surface area contributed by atoms with E-state index in [2.05, 4.69) is 60.1 Å². The van der Waals surface area contributed by atoms with Gasteiger partial charge in [-0.1, -0.05) is 53.9 Å². The number of benzene rings is 3. The van der Waals surface area contributed by atoms with E-state index in [0.29, 0.717) is 34.0 Å². The molecule has 0 radical (unpaired) electrons. The second kappa shape index (κ2) is 15.9. The summed E-state index contributed by atoms with van der Waals surface area (Å²) in [6.07, 6.45) is 12.4. The van der Waals surface area contributed by atoms with Gasteiger partial charge < -0.3 is 5.32 Å². The number of carbonyl (C=O) groups excluding carboxylic acids is 2. The van der Waals surface area contributed by atoms with Crippen molar-refractivity contribution in [1.82, 2.24) is 54.4 Å². The summed E-state index contributed by atoms with van der Waals surface area (Å²) in [5.74, 6) is 1.33. The first-order chi connectivity index (χ1) is 30.1. The van der Waals surface area contributed by atoms with Crippen LogP contribution in [0.4, 0.5) is 5.69 Å². The van der Waals surface area contributed by atoms with Crippen LogP contribution in [0, 0.1) is 13.8 Å². The van der Waals surface area contributed by atoms with Crippen LogP contribution in [0.2, 0.25) is 5.02 Å². The fourth-order valence-electron chi connectivity index (χ4n) is 8.68. The zero-order valence-electron chi connectivity index (χ0n) is 34.4. The molecule has 6 heterocycles. The number of hydrogen-bond acceptors (Lipinski definition) is 11. The Balaban J connectivity index is 0.736. The Morgan fingerprint density at radius 2 is 1.65 bits per heavy atom. The highest BCUT2D eigenvalue weighted by molar-refractivity contribution is 6.30. The third-order valence-electron chi connectivity index (χ3n) is 12.1. The number of para-hydroxylation sites is 1. The van der Waals surface area contributed by atoms with Gasteiger partial charge in [-0.3, -0.25) is 43.2 Å². The van der Waals surface area contributed by atoms with Crippen LogP contribution in [0.25, 0.3) is 27.7 Å². The third-order valence-corrected chi connectivity index (χ3v) is 12.3. The number of nitrogens with zero attached hydrogens (tertiary/aromatic N) is 11. The van der Waals surface area contributed by atoms with Gasteiger partial charge in [0.25, 0.3) is 5.56 Å². The van der Waals surface area contributed by atoms with Crippen molar-refractivity contribution in [3.63, 3.8) is 0 Å². The highest BCUT2D eigenvalue weighted by Crippen LogP contribution is 2.52. The zero-order chi connectivity index (χ0) is 42.5. The fraction of sp³-hybridized carbons (Fsp3) is 0.333. The number of imide groups is 1. The second-order valence-electron chi connectivity index (χ2n) is 16.4. The van der Waals surface area contributed by atoms with E-state index < -0.39 is 11.9 Å². The van der Waals surface area contributed by atoms with Crippen molar-refractivity contribution in [1.29, 1.82) is 0 Å². The minimum absolute atomic E-state index is 0.174. The van der Waals surface area contributed by atoms with E-state index in [4.69, 9.17) is 26.7 Å². The number of aryl methyl sites for hydroxylation is 4. The lowest BCUT2D eigenvalue weighted by molar-refractivity contribution is -0.135. The molecule has 2 amide bonds. The summed E-state index contributed by atoms with van der Waals surface area (Å²) in [6.45, 7) is 5.67. The van der Waals surface area contributed by atoms with Crippen LogP contribution < -0.4 is 16.2 Å². The van der Waals surface area contributed by atoms with E-state index in [9.17, 15) is 14.4 Å². The molecule has 1 spiro atoms. The molecular formula is C45H44ClN13O3. The van der Waals surface area contributed by atoms with E-state index in [1.807, 2.05) is 59.0 Å². The van der Waals surface area contributed by atoms with Crippen LogP contribution in [-0.4, -0.2) is 66.6 Å². The Kier molecular flexibility index (Phi) is 10.1. The van der Waals surface area contributed by atoms with Crippen molar-refractivity contribution >= 4 is 45.7 Å². The highest BCUT2D eigenvalue weighted by Gasteiger charge is 2.51. The van der Waals surface area contributed by atoms with Gasteiger partial charge in [-0.2, -0.15) is 5.10 Å². The molecule has 1 atom stereocenters. The lowest BCUT2D eigenvalue weighted by Gasteiger charge is -2.24. The SMILES string of the molecule is Cc1nnc2n1-c1ccc(-c3cnn(CCCCCCn4cc(CNc5cccc6c(=O)n(C7CCC(=O)NC7=O)c(C)nc56)nn4)c3)cc1C(c1ccc(Cl)cc1)=NC21CC1. The van der Waals surface area contributed by atoms with E-state index in [1.165, 1.54) is 4.57 Å². The molecule has 1 aliphatic carbocycles. The summed E-state index contributed by atoms with van der Waals surface area (Å²) < 4.78 is 7.44. The number of unbranched alkanes of at least 4 members (excludes halogenated alkanes) is 3. The van der Waals surface area contributed by atoms with Gasteiger partial charge in [0.05, 0.1) is 41.4 Å². The number of fused-ring (bicyclic) bond motifs is 5. The number of aromatic nitrogens is 10. The van der Waals surface area contributed by atoms with Gasteiger partial charge in [0.1, 0.15) is 34.4 Å². The maximum atomic E-state index is 13.5. The molecule has 2 N–H and O–H groups in total. The summed E-state index contributed by atoms with van der Waals surface area (Å²) in [5, 5.41) is 29.2. The first-order valence-corrected chi connectivity index (χ1v) is 21.5. The van der Waals surface area contributed by atoms with Gasteiger partial charge >= 0.3 is 0 Å². The van der Waals surface area contributed by atoms with Crippen molar-refractivity contribution in [2.75, 3.05) is 5.32 Å². The molecule has 10 rings (SSSR count). The summed E-state index contributed by atoms with van der Waals surface area (Å²) in [5.41, 5.74) is 7.39. The number of halogens is 1. The zero-order valence-corrected chi connectivity index (χ0v) is 35.1. The number of aliphatic imine (C=N–C) groups is 1. The molecule has 1 unspecified atom stereocenters. The molecule has 2 fully saturated rings. The van der Waals surface area contributed by atoms with Gasteiger partial charge in [0, 0.05) is 47.4 Å². The molecule has 2 aliphatic heterocycles. The molecule has 17 heteroatoms. The number of hydrogen-bond donors (Lipinski definition) is 2. The molecule has 1 saturated carbocycles. The smallest absolute Gasteiger partial charge is 0.262 e. The normalized spacial score (nSPS) is 16.5. The molecule has 3 aliphatic rings. The summed E-state index contributed by atoms with van der Waals surface area (Å²) in [6, 6.07) is 19.0. The second-order valence-corrected chi connectivity index (χ2v) is 16.8. The maximum absolute atomic E-state index is 13.5. The summed E-state index contributed by atoms with van der Waals surface area (Å²) in [7, 11) is 0. The number of nitrogens with one attached hydrogen (secondary N) is 2. The average molecular weight is 850 g/mol. The standard InChI is InChI=1S/C45H44ClN13O3/c1-27-49-41-34(43(62)58(27)38-16-17-39(60)50-42(38)61)8-7-9-36(41)47-24-33-26-57(55-53-33)21-6-4-3-5-20-56-25-31(23-48-56)30-12-15-37-35(22-30)40(29-10-13-32(46)14-11-29)51-45(18-19-45)44-54-52-28(2)59(37)44/h7-15,22-23,25-26,38,47H,3-6,16-21,24H2,1-2H3,(H,50,60,61). The topological polar surface area (TPSA) is 185 Å². The molecule has 16 nitrogen and oxygen atoms in total. The van der Waals surface area contributed by atoms with Crippen molar-refractivity contribution in [3.05, 3.63) is 129 Å². The number of piperidine rings is 1. The lowest BCUT2D eigenvalue weighted by atomic mass is 9.96. The maximum Gasteiger partial charge on any atom is 0.262 e. The highest BCUT2D eigenvalue weighted by atomic mass is 35.5. The van der Waals surface area contributed by atoms with Crippen molar-refractivity contribution in [3.8, 4) is 16.8 Å². The van der Waals surface area contributed by atoms with Crippen LogP contribution in [0.5, 0.6) is 0 Å². The van der Waals surface area contributed by atoms with Crippen LogP contribution in [0.3, 0.4) is 0 Å². The minimum atomic E-state index is -0.774. The average Bonchev–Trinajstić information content (AvgIpc) is 3.53. The molecule has 314 valence electrons. The van der Waals surface area contributed by atoms with Gasteiger partial charge in [-0.15, -0.1) is 15.3 Å². The predicted molar refractivity (Wildman–Crippen MR) is 233 cm³/mol. The largest absolute Gasteiger partial charge is 0.377 e. The van der Waals surface area contributed by atoms with E-state index in [0.717, 1.165) is 103 Å². The van der Waals surface area contributed by atoms with Crippen LogP contribution in [-0.2, 0) is 34.8 Å². The molecule has 7 aromatic rings. The number of anilines is 1. The van der Waals surface area contributed by atoms with Crippen molar-refractivity contribution in [2.45, 2.75) is 96.4 Å². The van der Waals surface area contributed by atoms with Crippen molar-refractivity contribution < 1.29 is 9.59 Å². The Hall–Kier alpha value is -6.81. The van der Waals surface area contributed by atoms with Crippen LogP contribution >= 0.6 is 11.6 Å². The third kappa shape index (κ3) is 7.37. The molecule has 3 aromatic carbocycles. The van der Waals surface area contributed by atoms with E-state index in [-0.39, 0.29) is 29.8 Å². The Morgan fingerprint density at radius 3 is 2.44 bits per heavy atom. The lowest BCUT2D eigenvalue weighted by Crippen LogP contribution is -2.45. The first-order valence-electron chi connectivity index (χ1n) is 21.1. The Morgan fingerprint density at radius 1 is 0.855 bits per heavy atom. The fourth-order valence-corrected chi connectivity index (χ4v) is 8.80. The molecule has 4 aromatic heterocycles. The molecule has 62 heavy (non-hydrogen) atoms. The molecule has 1 saturated heterocycles. The first kappa shape index (κ1) is 39.3. The summed E-state index contributed by atoms with van der Waals surface area (Å²) >= 11 is 6.29. The van der Waals surface area contributed by atoms with E-state index in [1.54, 1.807) is 19.1 Å².